The number of thiophene rings is 3. The van der Waals surface area contributed by atoms with E-state index in [9.17, 15) is 39.0 Å². The van der Waals surface area contributed by atoms with E-state index < -0.39 is 40.2 Å². The van der Waals surface area contributed by atoms with Gasteiger partial charge in [0.25, 0.3) is 0 Å². The summed E-state index contributed by atoms with van der Waals surface area (Å²) in [5, 5.41) is 35.2. The summed E-state index contributed by atoms with van der Waals surface area (Å²) in [7, 11) is 0. The fourth-order valence-corrected chi connectivity index (χ4v) is 7.72. The van der Waals surface area contributed by atoms with Crippen LogP contribution in [0.5, 0.6) is 0 Å². The number of rotatable bonds is 10. The first kappa shape index (κ1) is 52.0. The van der Waals surface area contributed by atoms with Gasteiger partial charge in [-0.05, 0) is 49.2 Å². The predicted octanol–water partition coefficient (Wildman–Crippen LogP) is 8.13. The number of halogens is 3. The van der Waals surface area contributed by atoms with Gasteiger partial charge in [0, 0.05) is 39.1 Å². The van der Waals surface area contributed by atoms with Gasteiger partial charge < -0.3 is 40.4 Å². The number of carbonyl (C=O) groups is 6. The van der Waals surface area contributed by atoms with Crippen LogP contribution in [0.3, 0.4) is 0 Å². The zero-order valence-corrected chi connectivity index (χ0v) is 31.9. The van der Waals surface area contributed by atoms with Crippen LogP contribution in [0, 0.1) is 10.8 Å². The van der Waals surface area contributed by atoms with Crippen molar-refractivity contribution in [2.45, 2.75) is 59.9 Å². The van der Waals surface area contributed by atoms with E-state index in [1.165, 1.54) is 28.7 Å². The molecule has 0 aliphatic carbocycles. The second-order valence-corrected chi connectivity index (χ2v) is 17.0. The fraction of sp³-hybridized carbons (Fsp3) is 0.486. The van der Waals surface area contributed by atoms with Crippen molar-refractivity contribution < 1.29 is 63.4 Å². The Bertz CT molecular complexity index is 1650. The fourth-order valence-electron chi connectivity index (χ4n) is 4.88. The molecule has 6 rings (SSSR count). The smallest absolute Gasteiger partial charge is 0.345 e. The molecule has 3 saturated heterocycles. The molecule has 14 nitrogen and oxygen atoms in total. The maximum atomic E-state index is 12.0. The Labute approximate surface area is 346 Å². The zero-order valence-electron chi connectivity index (χ0n) is 27.1. The molecule has 0 saturated carbocycles. The van der Waals surface area contributed by atoms with Crippen molar-refractivity contribution in [1.29, 1.82) is 0 Å². The molecule has 6 N–H and O–H groups in total. The van der Waals surface area contributed by atoms with Gasteiger partial charge >= 0.3 is 23.9 Å². The minimum atomic E-state index is -1.11. The minimum Gasteiger partial charge on any atom is -0.481 e. The summed E-state index contributed by atoms with van der Waals surface area (Å²) in [4.78, 5) is 68.2. The van der Waals surface area contributed by atoms with Crippen LogP contribution in [0.2, 0.25) is 13.0 Å². The Morgan fingerprint density at radius 3 is 1.11 bits per heavy atom. The van der Waals surface area contributed by atoms with Crippen LogP contribution in [0.15, 0.2) is 36.4 Å². The zero-order chi connectivity index (χ0) is 38.7. The summed E-state index contributed by atoms with van der Waals surface area (Å²) in [6, 6.07) is 9.57. The summed E-state index contributed by atoms with van der Waals surface area (Å²) in [6.45, 7) is 1.60. The molecule has 3 aliphatic rings. The van der Waals surface area contributed by atoms with E-state index in [4.69, 9.17) is 65.0 Å². The van der Waals surface area contributed by atoms with Gasteiger partial charge in [-0.3, -0.25) is 24.0 Å². The van der Waals surface area contributed by atoms with Gasteiger partial charge in [-0.1, -0.05) is 57.1 Å². The van der Waals surface area contributed by atoms with Crippen molar-refractivity contribution in [2.24, 2.45) is 16.6 Å². The van der Waals surface area contributed by atoms with Gasteiger partial charge in [-0.25, -0.2) is 4.79 Å². The van der Waals surface area contributed by atoms with Gasteiger partial charge in [-0.15, -0.1) is 34.0 Å². The van der Waals surface area contributed by atoms with E-state index in [1.54, 1.807) is 30.3 Å². The molecule has 3 aromatic heterocycles. The lowest BCUT2D eigenvalue weighted by molar-refractivity contribution is -0.149. The lowest BCUT2D eigenvalue weighted by Crippen LogP contribution is -2.48. The number of carboxylic acids is 4. The van der Waals surface area contributed by atoms with Crippen molar-refractivity contribution in [3.05, 3.63) is 64.0 Å². The molecule has 2 unspecified atom stereocenters. The Morgan fingerprint density at radius 2 is 0.909 bits per heavy atom. The third-order valence-electron chi connectivity index (χ3n) is 8.07. The third kappa shape index (κ3) is 14.8. The number of hydrogen-bond acceptors (Lipinski definition) is 13. The molecule has 20 heteroatoms. The van der Waals surface area contributed by atoms with Crippen LogP contribution in [-0.2, 0) is 28.6 Å². The second kappa shape index (κ2) is 23.3. The third-order valence-corrected chi connectivity index (χ3v) is 11.8. The molecular weight excluding hydrogens is 845 g/mol. The van der Waals surface area contributed by atoms with Crippen molar-refractivity contribution in [3.8, 4) is 0 Å². The van der Waals surface area contributed by atoms with Crippen LogP contribution >= 0.6 is 68.8 Å². The maximum absolute atomic E-state index is 12.0. The molecule has 308 valence electrons. The van der Waals surface area contributed by atoms with Crippen LogP contribution in [0.4, 0.5) is 0 Å². The number of ether oxygens (including phenoxy) is 3. The lowest BCUT2D eigenvalue weighted by Gasteiger charge is -2.20. The molecule has 3 aliphatic heterocycles. The molecule has 3 aromatic rings. The molecule has 0 radical (unpaired) electrons. The van der Waals surface area contributed by atoms with Crippen molar-refractivity contribution in [3.63, 3.8) is 0 Å². The lowest BCUT2D eigenvalue weighted by atomic mass is 9.82. The Kier molecular flexibility index (Phi) is 22.0. The normalized spacial score (nSPS) is 22.0. The average molecular weight is 891 g/mol. The molecule has 0 bridgehead atoms. The first-order chi connectivity index (χ1) is 24.4. The van der Waals surface area contributed by atoms with Crippen LogP contribution in [0.25, 0.3) is 0 Å². The Hall–Kier alpha value is -2.97. The first-order valence-corrected chi connectivity index (χ1v) is 18.8. The highest BCUT2D eigenvalue weighted by Gasteiger charge is 2.45. The van der Waals surface area contributed by atoms with Crippen LogP contribution in [-0.4, -0.2) is 101 Å². The van der Waals surface area contributed by atoms with Crippen LogP contribution < -0.4 is 5.73 Å². The number of nitrogens with two attached hydrogens (primary N) is 1. The number of aliphatic carboxylic acids is 3. The molecule has 3 fully saturated rings. The summed E-state index contributed by atoms with van der Waals surface area (Å²) >= 11 is 20.4. The highest BCUT2D eigenvalue weighted by Crippen LogP contribution is 2.36. The monoisotopic (exact) mass is 889 g/mol. The quantitative estimate of drug-likeness (QED) is 0.121. The van der Waals surface area contributed by atoms with E-state index in [1.807, 2.05) is 0 Å². The summed E-state index contributed by atoms with van der Waals surface area (Å²) < 4.78 is 16.6. The van der Waals surface area contributed by atoms with E-state index >= 15 is 0 Å². The van der Waals surface area contributed by atoms with Gasteiger partial charge in [0.1, 0.15) is 21.2 Å². The minimum absolute atomic E-state index is 0. The number of aromatic carboxylic acids is 1. The highest BCUT2D eigenvalue weighted by atomic mass is 35.5. The van der Waals surface area contributed by atoms with Crippen LogP contribution in [0.1, 0.15) is 83.4 Å². The maximum Gasteiger partial charge on any atom is 0.345 e. The Balaban J connectivity index is 0.000000723. The number of ketones is 2. The first-order valence-electron chi connectivity index (χ1n) is 15.2. The summed E-state index contributed by atoms with van der Waals surface area (Å²) in [5.74, 6) is -4.20. The molecular formula is C35H46Cl3NO13S3. The number of carbonyl (C=O) groups excluding carboxylic acids is 2. The van der Waals surface area contributed by atoms with E-state index in [0.717, 1.165) is 11.3 Å². The number of Topliss-reactive ketones (excluding diaryl/α,β-unsaturated/α-hetero) is 2. The molecule has 0 aromatic carbocycles. The van der Waals surface area contributed by atoms with Gasteiger partial charge in [0.2, 0.25) is 0 Å². The van der Waals surface area contributed by atoms with E-state index in [-0.39, 0.29) is 71.4 Å². The topological polar surface area (TPSA) is 237 Å². The standard InChI is InChI=1S/2C11H11ClO4S.C5H3ClO2S.C5H9NO3.3CH4/c2*12-9-2-1-8(17-9)7(13)5-11(10(14)15)3-4-16-6-11;6-4-2-1-3(9-4)5(7)8;6-5(4(7)8)1-2-9-3-5;;;/h2*1-2H,3-6H2,(H,14,15);1-2H,(H,7,8);1-3,6H2,(H,7,8);3*1H4/t11-;;;;;;/m0....../s1. The van der Waals surface area contributed by atoms with Gasteiger partial charge in [0.15, 0.2) is 11.6 Å². The highest BCUT2D eigenvalue weighted by molar-refractivity contribution is 7.18. The molecule has 3 atom stereocenters. The van der Waals surface area contributed by atoms with Crippen molar-refractivity contribution >= 4 is 104 Å². The average Bonchev–Trinajstić information content (AvgIpc) is 3.92. The largest absolute Gasteiger partial charge is 0.481 e. The Morgan fingerprint density at radius 1 is 0.564 bits per heavy atom. The predicted molar refractivity (Wildman–Crippen MR) is 214 cm³/mol. The van der Waals surface area contributed by atoms with Crippen molar-refractivity contribution in [2.75, 3.05) is 39.6 Å². The molecule has 0 amide bonds. The second-order valence-electron chi connectivity index (χ2n) is 11.9. The van der Waals surface area contributed by atoms with Crippen molar-refractivity contribution in [1.82, 2.24) is 0 Å². The number of hydrogen-bond donors (Lipinski definition) is 5. The molecule has 6 heterocycles. The van der Waals surface area contributed by atoms with Gasteiger partial charge in [-0.2, -0.15) is 0 Å². The number of carboxylic acid groups (broad SMARTS) is 4. The van der Waals surface area contributed by atoms with Gasteiger partial charge in [0.05, 0.1) is 42.6 Å². The molecule has 55 heavy (non-hydrogen) atoms. The summed E-state index contributed by atoms with van der Waals surface area (Å²) in [6.07, 6.45) is 1.13. The SMILES string of the molecule is C.C.C.NC1(C(=O)O)CCOC1.O=C(CC1(C(=O)O)CCOC1)c1ccc(Cl)s1.O=C(C[C@@]1(C(=O)O)CCOC1)c1ccc(Cl)s1.O=C(O)c1ccc(Cl)s1. The van der Waals surface area contributed by atoms with E-state index in [2.05, 4.69) is 0 Å². The molecule has 0 spiro atoms. The summed E-state index contributed by atoms with van der Waals surface area (Å²) in [5.41, 5.74) is 2.14. The van der Waals surface area contributed by atoms with E-state index in [0.29, 0.717) is 61.8 Å².